The van der Waals surface area contributed by atoms with Crippen molar-refractivity contribution in [2.75, 3.05) is 22.9 Å². The number of benzene rings is 1. The molecule has 3 heterocycles. The van der Waals surface area contributed by atoms with Gasteiger partial charge in [-0.15, -0.1) is 0 Å². The third kappa shape index (κ3) is 2.66. The van der Waals surface area contributed by atoms with E-state index < -0.39 is 0 Å². The van der Waals surface area contributed by atoms with Crippen molar-refractivity contribution in [1.29, 1.82) is 0 Å². The molecule has 0 radical (unpaired) electrons. The van der Waals surface area contributed by atoms with Crippen LogP contribution in [0.15, 0.2) is 35.5 Å². The molecule has 0 bridgehead atoms. The first-order chi connectivity index (χ1) is 13.1. The summed E-state index contributed by atoms with van der Waals surface area (Å²) >= 11 is 0. The van der Waals surface area contributed by atoms with Crippen LogP contribution in [0.1, 0.15) is 12.8 Å². The maximum absolute atomic E-state index is 13.8. The predicted molar refractivity (Wildman–Crippen MR) is 97.3 cm³/mol. The van der Waals surface area contributed by atoms with E-state index in [0.29, 0.717) is 35.9 Å². The summed E-state index contributed by atoms with van der Waals surface area (Å²) in [7, 11) is 0. The number of hydrogen-bond donors (Lipinski definition) is 1. The van der Waals surface area contributed by atoms with E-state index in [1.54, 1.807) is 11.0 Å². The topological polar surface area (TPSA) is 87.1 Å². The number of anilines is 2. The summed E-state index contributed by atoms with van der Waals surface area (Å²) in [6.07, 6.45) is 4.90. The van der Waals surface area contributed by atoms with Gasteiger partial charge in [0.05, 0.1) is 23.9 Å². The lowest BCUT2D eigenvalue weighted by atomic mass is 10.1. The van der Waals surface area contributed by atoms with Crippen molar-refractivity contribution in [3.63, 3.8) is 0 Å². The number of nitrogens with zero attached hydrogens (tertiary/aromatic N) is 5. The van der Waals surface area contributed by atoms with Gasteiger partial charge in [-0.3, -0.25) is 9.59 Å². The number of aromatic amines is 1. The second-order valence-electron chi connectivity index (χ2n) is 6.87. The Morgan fingerprint density at radius 1 is 1.26 bits per heavy atom. The van der Waals surface area contributed by atoms with Crippen LogP contribution in [0.3, 0.4) is 0 Å². The quantitative estimate of drug-likeness (QED) is 0.752. The van der Waals surface area contributed by atoms with E-state index >= 15 is 0 Å². The molecule has 8 nitrogen and oxygen atoms in total. The molecular weight excluding hydrogens is 351 g/mol. The van der Waals surface area contributed by atoms with Gasteiger partial charge in [0.25, 0.3) is 5.56 Å². The molecule has 1 aromatic carbocycles. The molecular formula is C18H17FN6O2. The molecule has 1 fully saturated rings. The summed E-state index contributed by atoms with van der Waals surface area (Å²) in [5.41, 5.74) is 1.54. The number of aromatic nitrogens is 4. The average molecular weight is 368 g/mol. The van der Waals surface area contributed by atoms with Gasteiger partial charge in [-0.25, -0.2) is 14.1 Å². The van der Waals surface area contributed by atoms with Crippen LogP contribution in [-0.4, -0.2) is 44.8 Å². The van der Waals surface area contributed by atoms with Crippen molar-refractivity contribution >= 4 is 28.3 Å². The maximum atomic E-state index is 13.8. The van der Waals surface area contributed by atoms with E-state index in [1.807, 2.05) is 0 Å². The fourth-order valence-corrected chi connectivity index (χ4v) is 3.66. The molecule has 5 rings (SSSR count). The lowest BCUT2D eigenvalue weighted by molar-refractivity contribution is -0.119. The third-order valence-electron chi connectivity index (χ3n) is 5.11. The van der Waals surface area contributed by atoms with Crippen LogP contribution in [0.5, 0.6) is 0 Å². The molecule has 2 aromatic heterocycles. The molecule has 138 valence electrons. The number of rotatable bonds is 3. The van der Waals surface area contributed by atoms with E-state index in [9.17, 15) is 14.0 Å². The van der Waals surface area contributed by atoms with E-state index in [2.05, 4.69) is 20.0 Å². The van der Waals surface area contributed by atoms with Gasteiger partial charge in [0.15, 0.2) is 5.65 Å². The number of amides is 1. The Morgan fingerprint density at radius 3 is 2.93 bits per heavy atom. The monoisotopic (exact) mass is 368 g/mol. The zero-order valence-electron chi connectivity index (χ0n) is 14.4. The standard InChI is InChI=1S/C18H17FN6O2/c19-11-1-4-14-15(7-11)23(12-2-3-12)5-6-24(14)16(26)9-25-17-13(8-22-25)18(27)21-10-20-17/h1,4,7-8,10,12H,2-3,5-6,9H2,(H,20,21,27). The second-order valence-corrected chi connectivity index (χ2v) is 6.87. The average Bonchev–Trinajstić information content (AvgIpc) is 3.42. The van der Waals surface area contributed by atoms with Crippen molar-refractivity contribution in [2.24, 2.45) is 0 Å². The Labute approximate surface area is 153 Å². The number of fused-ring (bicyclic) bond motifs is 2. The summed E-state index contributed by atoms with van der Waals surface area (Å²) in [6, 6.07) is 4.97. The summed E-state index contributed by atoms with van der Waals surface area (Å²) in [6.45, 7) is 1.16. The molecule has 1 N–H and O–H groups in total. The number of H-pyrrole nitrogens is 1. The van der Waals surface area contributed by atoms with Crippen LogP contribution in [0, 0.1) is 5.82 Å². The van der Waals surface area contributed by atoms with E-state index in [1.165, 1.54) is 29.3 Å². The molecule has 1 aliphatic heterocycles. The molecule has 2 aliphatic rings. The first kappa shape index (κ1) is 16.0. The maximum Gasteiger partial charge on any atom is 0.261 e. The van der Waals surface area contributed by atoms with Gasteiger partial charge in [-0.2, -0.15) is 5.10 Å². The minimum absolute atomic E-state index is 0.0415. The van der Waals surface area contributed by atoms with Crippen LogP contribution < -0.4 is 15.4 Å². The van der Waals surface area contributed by atoms with Crippen LogP contribution in [0.2, 0.25) is 0 Å². The van der Waals surface area contributed by atoms with Crippen molar-refractivity contribution in [3.8, 4) is 0 Å². The fraction of sp³-hybridized carbons (Fsp3) is 0.333. The van der Waals surface area contributed by atoms with Gasteiger partial charge >= 0.3 is 0 Å². The second kappa shape index (κ2) is 5.90. The van der Waals surface area contributed by atoms with Crippen molar-refractivity contribution < 1.29 is 9.18 Å². The number of carbonyl (C=O) groups is 1. The highest BCUT2D eigenvalue weighted by Gasteiger charge is 2.35. The number of hydrogen-bond acceptors (Lipinski definition) is 5. The van der Waals surface area contributed by atoms with Gasteiger partial charge in [-0.05, 0) is 31.0 Å². The summed E-state index contributed by atoms with van der Waals surface area (Å²) in [5.74, 6) is -0.486. The molecule has 0 atom stereocenters. The Bertz CT molecular complexity index is 1100. The van der Waals surface area contributed by atoms with Crippen molar-refractivity contribution in [2.45, 2.75) is 25.4 Å². The highest BCUT2D eigenvalue weighted by Crippen LogP contribution is 2.40. The van der Waals surface area contributed by atoms with Gasteiger partial charge in [0.1, 0.15) is 17.7 Å². The SMILES string of the molecule is O=C(Cn1ncc2c(=O)[nH]cnc21)N1CCN(C2CC2)c2cc(F)ccc21. The molecule has 0 spiro atoms. The highest BCUT2D eigenvalue weighted by atomic mass is 19.1. The minimum atomic E-state index is -0.310. The van der Waals surface area contributed by atoms with Crippen LogP contribution in [0.4, 0.5) is 15.8 Å². The molecule has 0 saturated heterocycles. The van der Waals surface area contributed by atoms with Crippen LogP contribution in [0.25, 0.3) is 11.0 Å². The van der Waals surface area contributed by atoms with E-state index in [4.69, 9.17) is 0 Å². The zero-order valence-corrected chi connectivity index (χ0v) is 14.4. The third-order valence-corrected chi connectivity index (χ3v) is 5.11. The van der Waals surface area contributed by atoms with E-state index in [-0.39, 0.29) is 23.8 Å². The van der Waals surface area contributed by atoms with Gasteiger partial charge in [0.2, 0.25) is 5.91 Å². The zero-order chi connectivity index (χ0) is 18.5. The summed E-state index contributed by atoms with van der Waals surface area (Å²) in [4.78, 5) is 35.2. The molecule has 9 heteroatoms. The van der Waals surface area contributed by atoms with Gasteiger partial charge in [-0.1, -0.05) is 0 Å². The normalized spacial score (nSPS) is 16.6. The Kier molecular flexibility index (Phi) is 3.49. The van der Waals surface area contributed by atoms with Crippen LogP contribution >= 0.6 is 0 Å². The largest absolute Gasteiger partial charge is 0.365 e. The Hall–Kier alpha value is -3.23. The number of carbonyl (C=O) groups excluding carboxylic acids is 1. The van der Waals surface area contributed by atoms with E-state index in [0.717, 1.165) is 18.5 Å². The van der Waals surface area contributed by atoms with Crippen molar-refractivity contribution in [3.05, 3.63) is 46.9 Å². The predicted octanol–water partition coefficient (Wildman–Crippen LogP) is 1.27. The fourth-order valence-electron chi connectivity index (χ4n) is 3.66. The first-order valence-electron chi connectivity index (χ1n) is 8.87. The molecule has 1 aliphatic carbocycles. The summed E-state index contributed by atoms with van der Waals surface area (Å²) in [5, 5.41) is 4.47. The minimum Gasteiger partial charge on any atom is -0.365 e. The molecule has 3 aromatic rings. The Balaban J connectivity index is 1.47. The molecule has 1 saturated carbocycles. The number of nitrogens with one attached hydrogen (secondary N) is 1. The molecule has 27 heavy (non-hydrogen) atoms. The Morgan fingerprint density at radius 2 is 2.11 bits per heavy atom. The highest BCUT2D eigenvalue weighted by molar-refractivity contribution is 5.98. The van der Waals surface area contributed by atoms with Gasteiger partial charge < -0.3 is 14.8 Å². The smallest absolute Gasteiger partial charge is 0.261 e. The lowest BCUT2D eigenvalue weighted by Gasteiger charge is -2.38. The molecule has 0 unspecified atom stereocenters. The van der Waals surface area contributed by atoms with Gasteiger partial charge in [0, 0.05) is 19.1 Å². The molecule has 1 amide bonds. The van der Waals surface area contributed by atoms with Crippen LogP contribution in [-0.2, 0) is 11.3 Å². The first-order valence-corrected chi connectivity index (χ1v) is 8.87. The van der Waals surface area contributed by atoms with Crippen molar-refractivity contribution in [1.82, 2.24) is 19.7 Å². The lowest BCUT2D eigenvalue weighted by Crippen LogP contribution is -2.46. The summed E-state index contributed by atoms with van der Waals surface area (Å²) < 4.78 is 15.2. The number of halogens is 1.